The Kier molecular flexibility index (Phi) is 7.00. The highest BCUT2D eigenvalue weighted by molar-refractivity contribution is 7.18. The van der Waals surface area contributed by atoms with Gasteiger partial charge in [-0.15, -0.1) is 11.3 Å². The first kappa shape index (κ1) is 24.8. The molecule has 7 nitrogen and oxygen atoms in total. The maximum Gasteiger partial charge on any atom is 0.253 e. The topological polar surface area (TPSA) is 72.8 Å². The molecule has 1 N–H and O–H groups in total. The molecule has 196 valence electrons. The van der Waals surface area contributed by atoms with Crippen LogP contribution in [-0.4, -0.2) is 71.3 Å². The van der Waals surface area contributed by atoms with E-state index in [1.54, 1.807) is 11.3 Å². The highest BCUT2D eigenvalue weighted by Crippen LogP contribution is 2.35. The SMILES string of the molecule is CCc1cc2c(N3CCN(C(=O)c4ccc(-c5ccccc5)cc4)CC3)nc(N3CCC[C@H]3CO)nc2s1. The van der Waals surface area contributed by atoms with Crippen molar-refractivity contribution in [1.82, 2.24) is 14.9 Å². The number of aromatic nitrogens is 2. The number of hydrogen-bond donors (Lipinski definition) is 1. The van der Waals surface area contributed by atoms with Crippen molar-refractivity contribution in [2.45, 2.75) is 32.2 Å². The van der Waals surface area contributed by atoms with Gasteiger partial charge in [0.15, 0.2) is 0 Å². The summed E-state index contributed by atoms with van der Waals surface area (Å²) < 4.78 is 0. The van der Waals surface area contributed by atoms with Crippen molar-refractivity contribution in [2.75, 3.05) is 49.1 Å². The first-order valence-electron chi connectivity index (χ1n) is 13.5. The fourth-order valence-electron chi connectivity index (χ4n) is 5.52. The van der Waals surface area contributed by atoms with Crippen molar-refractivity contribution in [3.05, 3.63) is 71.1 Å². The second-order valence-electron chi connectivity index (χ2n) is 10.0. The summed E-state index contributed by atoms with van der Waals surface area (Å²) in [6.45, 7) is 5.89. The fraction of sp³-hybridized carbons (Fsp3) is 0.367. The zero-order valence-electron chi connectivity index (χ0n) is 21.7. The van der Waals surface area contributed by atoms with E-state index in [1.165, 1.54) is 4.88 Å². The van der Waals surface area contributed by atoms with Crippen LogP contribution in [0.5, 0.6) is 0 Å². The highest BCUT2D eigenvalue weighted by Gasteiger charge is 2.29. The van der Waals surface area contributed by atoms with Crippen LogP contribution >= 0.6 is 11.3 Å². The average molecular weight is 528 g/mol. The molecule has 6 rings (SSSR count). The molecule has 8 heteroatoms. The molecule has 2 aliphatic heterocycles. The Labute approximate surface area is 227 Å². The molecule has 0 radical (unpaired) electrons. The van der Waals surface area contributed by atoms with Crippen LogP contribution in [0.1, 0.15) is 35.0 Å². The zero-order chi connectivity index (χ0) is 26.1. The summed E-state index contributed by atoms with van der Waals surface area (Å²) in [5, 5.41) is 11.0. The monoisotopic (exact) mass is 527 g/mol. The Balaban J connectivity index is 1.20. The predicted molar refractivity (Wildman–Crippen MR) is 154 cm³/mol. The maximum atomic E-state index is 13.3. The van der Waals surface area contributed by atoms with E-state index in [-0.39, 0.29) is 18.6 Å². The minimum Gasteiger partial charge on any atom is -0.394 e. The van der Waals surface area contributed by atoms with Crippen molar-refractivity contribution in [2.24, 2.45) is 0 Å². The van der Waals surface area contributed by atoms with E-state index in [2.05, 4.69) is 34.9 Å². The lowest BCUT2D eigenvalue weighted by Gasteiger charge is -2.36. The Morgan fingerprint density at radius 2 is 1.71 bits per heavy atom. The quantitative estimate of drug-likeness (QED) is 0.387. The summed E-state index contributed by atoms with van der Waals surface area (Å²) in [6, 6.07) is 20.4. The average Bonchev–Trinajstić information content (AvgIpc) is 3.64. The van der Waals surface area contributed by atoms with Crippen LogP contribution in [-0.2, 0) is 6.42 Å². The van der Waals surface area contributed by atoms with Crippen LogP contribution in [0.3, 0.4) is 0 Å². The Morgan fingerprint density at radius 1 is 0.974 bits per heavy atom. The van der Waals surface area contributed by atoms with Gasteiger partial charge >= 0.3 is 0 Å². The Morgan fingerprint density at radius 3 is 2.42 bits per heavy atom. The number of benzene rings is 2. The smallest absolute Gasteiger partial charge is 0.253 e. The lowest BCUT2D eigenvalue weighted by Crippen LogP contribution is -2.49. The summed E-state index contributed by atoms with van der Waals surface area (Å²) in [5.74, 6) is 1.74. The summed E-state index contributed by atoms with van der Waals surface area (Å²) in [4.78, 5) is 32.0. The molecule has 0 unspecified atom stereocenters. The van der Waals surface area contributed by atoms with Crippen molar-refractivity contribution in [3.63, 3.8) is 0 Å². The van der Waals surface area contributed by atoms with Gasteiger partial charge in [0.25, 0.3) is 5.91 Å². The molecule has 2 fully saturated rings. The van der Waals surface area contributed by atoms with Gasteiger partial charge in [-0.2, -0.15) is 4.98 Å². The van der Waals surface area contributed by atoms with Crippen LogP contribution in [0.4, 0.5) is 11.8 Å². The second kappa shape index (κ2) is 10.7. The van der Waals surface area contributed by atoms with Gasteiger partial charge in [-0.3, -0.25) is 4.79 Å². The molecule has 2 saturated heterocycles. The van der Waals surface area contributed by atoms with E-state index in [9.17, 15) is 9.90 Å². The van der Waals surface area contributed by atoms with Crippen molar-refractivity contribution < 1.29 is 9.90 Å². The minimum absolute atomic E-state index is 0.0736. The van der Waals surface area contributed by atoms with Crippen LogP contribution in [0, 0.1) is 0 Å². The molecule has 0 aliphatic carbocycles. The molecule has 0 saturated carbocycles. The van der Waals surface area contributed by atoms with Gasteiger partial charge in [0.1, 0.15) is 10.6 Å². The van der Waals surface area contributed by atoms with E-state index in [4.69, 9.17) is 9.97 Å². The first-order valence-corrected chi connectivity index (χ1v) is 14.3. The first-order chi connectivity index (χ1) is 18.6. The molecule has 2 aromatic carbocycles. The second-order valence-corrected chi connectivity index (χ2v) is 11.1. The Bertz CT molecular complexity index is 1410. The molecule has 4 aromatic rings. The van der Waals surface area contributed by atoms with Gasteiger partial charge < -0.3 is 19.8 Å². The number of piperazine rings is 1. The molecule has 2 aliphatic rings. The number of anilines is 2. The standard InChI is InChI=1S/C30H33N5O2S/c1-2-25-19-26-27(31-30(32-28(26)38-25)35-14-6-9-24(35)20-36)33-15-17-34(18-16-33)29(37)23-12-10-22(11-13-23)21-7-4-3-5-8-21/h3-5,7-8,10-13,19,24,36H,2,6,9,14-18,20H2,1H3/t24-/m0/s1. The molecule has 0 bridgehead atoms. The number of aliphatic hydroxyl groups is 1. The maximum absolute atomic E-state index is 13.3. The van der Waals surface area contributed by atoms with E-state index in [1.807, 2.05) is 47.4 Å². The van der Waals surface area contributed by atoms with Crippen LogP contribution < -0.4 is 9.80 Å². The lowest BCUT2D eigenvalue weighted by molar-refractivity contribution is 0.0746. The molecular formula is C30H33N5O2S. The largest absolute Gasteiger partial charge is 0.394 e. The van der Waals surface area contributed by atoms with Crippen LogP contribution in [0.25, 0.3) is 21.3 Å². The fourth-order valence-corrected chi connectivity index (χ4v) is 6.47. The predicted octanol–water partition coefficient (Wildman–Crippen LogP) is 4.84. The number of thiophene rings is 1. The number of carbonyl (C=O) groups is 1. The number of aliphatic hydroxyl groups excluding tert-OH is 1. The number of amides is 1. The lowest BCUT2D eigenvalue weighted by atomic mass is 10.0. The number of fused-ring (bicyclic) bond motifs is 1. The van der Waals surface area contributed by atoms with Crippen LogP contribution in [0.2, 0.25) is 0 Å². The summed E-state index contributed by atoms with van der Waals surface area (Å²) in [6.07, 6.45) is 2.97. The third-order valence-corrected chi connectivity index (χ3v) is 8.88. The molecule has 38 heavy (non-hydrogen) atoms. The van der Waals surface area contributed by atoms with E-state index in [0.29, 0.717) is 19.0 Å². The highest BCUT2D eigenvalue weighted by atomic mass is 32.1. The van der Waals surface area contributed by atoms with Crippen molar-refractivity contribution in [1.29, 1.82) is 0 Å². The van der Waals surface area contributed by atoms with Gasteiger partial charge in [-0.05, 0) is 48.6 Å². The number of nitrogens with zero attached hydrogens (tertiary/aromatic N) is 5. The Hall–Kier alpha value is -3.49. The van der Waals surface area contributed by atoms with E-state index >= 15 is 0 Å². The zero-order valence-corrected chi connectivity index (χ0v) is 22.5. The minimum atomic E-state index is 0.0736. The van der Waals surface area contributed by atoms with Gasteiger partial charge in [0.2, 0.25) is 5.95 Å². The van der Waals surface area contributed by atoms with Gasteiger partial charge in [-0.25, -0.2) is 4.98 Å². The summed E-state index contributed by atoms with van der Waals surface area (Å²) >= 11 is 1.73. The molecule has 4 heterocycles. The number of hydrogen-bond acceptors (Lipinski definition) is 7. The molecule has 1 amide bonds. The van der Waals surface area contributed by atoms with Crippen LogP contribution in [0.15, 0.2) is 60.7 Å². The third kappa shape index (κ3) is 4.74. The van der Waals surface area contributed by atoms with Crippen molar-refractivity contribution in [3.8, 4) is 11.1 Å². The molecular weight excluding hydrogens is 494 g/mol. The molecule has 1 atom stereocenters. The third-order valence-electron chi connectivity index (χ3n) is 7.71. The summed E-state index contributed by atoms with van der Waals surface area (Å²) in [7, 11) is 0. The van der Waals surface area contributed by atoms with E-state index in [0.717, 1.165) is 71.6 Å². The van der Waals surface area contributed by atoms with Gasteiger partial charge in [-0.1, -0.05) is 49.4 Å². The summed E-state index contributed by atoms with van der Waals surface area (Å²) in [5.41, 5.74) is 2.98. The van der Waals surface area contributed by atoms with E-state index < -0.39 is 0 Å². The van der Waals surface area contributed by atoms with Crippen molar-refractivity contribution >= 4 is 39.2 Å². The normalized spacial score (nSPS) is 17.9. The van der Waals surface area contributed by atoms with Gasteiger partial charge in [0, 0.05) is 43.2 Å². The molecule has 0 spiro atoms. The number of carbonyl (C=O) groups excluding carboxylic acids is 1. The molecule has 2 aromatic heterocycles. The number of rotatable bonds is 6. The van der Waals surface area contributed by atoms with Gasteiger partial charge in [0.05, 0.1) is 18.0 Å². The number of aryl methyl sites for hydroxylation is 1.